The number of carbonyl (C=O) groups is 3. The second-order valence-corrected chi connectivity index (χ2v) is 4.13. The van der Waals surface area contributed by atoms with E-state index < -0.39 is 36.1 Å². The van der Waals surface area contributed by atoms with Gasteiger partial charge in [0.25, 0.3) is 0 Å². The lowest BCUT2D eigenvalue weighted by Gasteiger charge is -2.21. The number of aliphatic carboxylic acids is 2. The van der Waals surface area contributed by atoms with Crippen LogP contribution in [0.15, 0.2) is 0 Å². The van der Waals surface area contributed by atoms with Gasteiger partial charge in [0.2, 0.25) is 0 Å². The lowest BCUT2D eigenvalue weighted by atomic mass is 10.2. The molecule has 0 aliphatic rings. The fraction of sp³-hybridized carbons (Fsp3) is 0.667. The Morgan fingerprint density at radius 2 is 1.71 bits per heavy atom. The molecule has 0 aliphatic carbocycles. The van der Waals surface area contributed by atoms with E-state index in [1.54, 1.807) is 20.8 Å². The molecular formula is C9H18N2O6. The van der Waals surface area contributed by atoms with E-state index in [2.05, 4.69) is 0 Å². The smallest absolute Gasteiger partial charge is 0.408 e. The lowest BCUT2D eigenvalue weighted by Crippen LogP contribution is -2.44. The fourth-order valence-electron chi connectivity index (χ4n) is 0.825. The maximum Gasteiger partial charge on any atom is 0.408 e. The molecule has 0 fully saturated rings. The zero-order chi connectivity index (χ0) is 12.9. The highest BCUT2D eigenvalue weighted by atomic mass is 16.6. The molecule has 17 heavy (non-hydrogen) atoms. The van der Waals surface area contributed by atoms with Gasteiger partial charge in [-0.3, -0.25) is 4.79 Å². The first-order valence-corrected chi connectivity index (χ1v) is 4.56. The van der Waals surface area contributed by atoms with Crippen molar-refractivity contribution >= 4 is 18.0 Å². The summed E-state index contributed by atoms with van der Waals surface area (Å²) in [7, 11) is 0. The molecule has 0 bridgehead atoms. The summed E-state index contributed by atoms with van der Waals surface area (Å²) in [5, 5.41) is 19.0. The number of hydrogen-bond acceptors (Lipinski definition) is 5. The Bertz CT molecular complexity index is 296. The fourth-order valence-corrected chi connectivity index (χ4v) is 0.825. The third-order valence-electron chi connectivity index (χ3n) is 1.37. The molecule has 1 amide bonds. The van der Waals surface area contributed by atoms with Crippen molar-refractivity contribution < 1.29 is 29.3 Å². The van der Waals surface area contributed by atoms with E-state index in [4.69, 9.17) is 14.9 Å². The van der Waals surface area contributed by atoms with Crippen LogP contribution in [-0.2, 0) is 14.3 Å². The largest absolute Gasteiger partial charge is 0.481 e. The minimum atomic E-state index is -1.49. The zero-order valence-electron chi connectivity index (χ0n) is 10.0. The summed E-state index contributed by atoms with van der Waals surface area (Å²) in [5.74, 6) is -2.74. The highest BCUT2D eigenvalue weighted by Crippen LogP contribution is 2.07. The van der Waals surface area contributed by atoms with Crippen LogP contribution in [0.1, 0.15) is 27.2 Å². The van der Waals surface area contributed by atoms with Crippen molar-refractivity contribution in [2.45, 2.75) is 38.8 Å². The predicted molar refractivity (Wildman–Crippen MR) is 58.1 cm³/mol. The summed E-state index contributed by atoms with van der Waals surface area (Å²) >= 11 is 0. The number of ether oxygens (including phenoxy) is 1. The van der Waals surface area contributed by atoms with Crippen LogP contribution in [0.5, 0.6) is 0 Å². The topological polar surface area (TPSA) is 148 Å². The third kappa shape index (κ3) is 9.12. The van der Waals surface area contributed by atoms with E-state index in [1.165, 1.54) is 0 Å². The van der Waals surface area contributed by atoms with Gasteiger partial charge in [-0.1, -0.05) is 0 Å². The number of carboxylic acids is 2. The van der Waals surface area contributed by atoms with E-state index >= 15 is 0 Å². The van der Waals surface area contributed by atoms with Crippen LogP contribution in [0.3, 0.4) is 0 Å². The summed E-state index contributed by atoms with van der Waals surface area (Å²) in [6.45, 7) is 4.83. The molecule has 0 radical (unpaired) electrons. The van der Waals surface area contributed by atoms with Crippen molar-refractivity contribution in [3.63, 3.8) is 0 Å². The van der Waals surface area contributed by atoms with Gasteiger partial charge >= 0.3 is 18.0 Å². The number of carbonyl (C=O) groups excluding carboxylic acids is 1. The molecule has 0 spiro atoms. The van der Waals surface area contributed by atoms with Gasteiger partial charge in [0.05, 0.1) is 6.42 Å². The van der Waals surface area contributed by atoms with E-state index in [9.17, 15) is 14.4 Å². The number of rotatable bonds is 4. The Balaban J connectivity index is 0. The molecule has 0 saturated heterocycles. The molecule has 0 aromatic heterocycles. The molecule has 8 nitrogen and oxygen atoms in total. The number of nitrogens with one attached hydrogen (secondary N) is 1. The summed E-state index contributed by atoms with van der Waals surface area (Å²) in [4.78, 5) is 32.1. The minimum Gasteiger partial charge on any atom is -0.481 e. The molecule has 0 aromatic rings. The Morgan fingerprint density at radius 3 is 2.00 bits per heavy atom. The molecule has 0 aromatic carbocycles. The van der Waals surface area contributed by atoms with Crippen LogP contribution < -0.4 is 11.5 Å². The van der Waals surface area contributed by atoms with Crippen molar-refractivity contribution in [2.24, 2.45) is 0 Å². The molecular weight excluding hydrogens is 232 g/mol. The number of hydrogen-bond donors (Lipinski definition) is 4. The van der Waals surface area contributed by atoms with Crippen LogP contribution in [0.25, 0.3) is 0 Å². The SMILES string of the molecule is CC(C)(C)OC(=O)N[C@H](CC(=O)O)C(=O)O.N. The molecule has 0 saturated carbocycles. The average molecular weight is 250 g/mol. The average Bonchev–Trinajstić information content (AvgIpc) is 1.97. The van der Waals surface area contributed by atoms with Crippen LogP contribution in [0.4, 0.5) is 4.79 Å². The first-order chi connectivity index (χ1) is 7.11. The van der Waals surface area contributed by atoms with Gasteiger partial charge in [0.15, 0.2) is 0 Å². The quantitative estimate of drug-likeness (QED) is 0.570. The molecule has 0 heterocycles. The van der Waals surface area contributed by atoms with E-state index in [1.807, 2.05) is 5.32 Å². The van der Waals surface area contributed by atoms with Crippen LogP contribution in [0, 0.1) is 0 Å². The number of amides is 1. The van der Waals surface area contributed by atoms with E-state index in [-0.39, 0.29) is 6.15 Å². The van der Waals surface area contributed by atoms with E-state index in [0.717, 1.165) is 0 Å². The van der Waals surface area contributed by atoms with Gasteiger partial charge in [-0.25, -0.2) is 9.59 Å². The minimum absolute atomic E-state index is 0. The van der Waals surface area contributed by atoms with Crippen molar-refractivity contribution in [1.29, 1.82) is 0 Å². The van der Waals surface area contributed by atoms with Crippen LogP contribution >= 0.6 is 0 Å². The number of alkyl carbamates (subject to hydrolysis) is 1. The number of carboxylic acid groups (broad SMARTS) is 2. The monoisotopic (exact) mass is 250 g/mol. The molecule has 100 valence electrons. The normalized spacial score (nSPS) is 11.9. The maximum absolute atomic E-state index is 11.2. The maximum atomic E-state index is 11.2. The Kier molecular flexibility index (Phi) is 6.91. The summed E-state index contributed by atoms with van der Waals surface area (Å²) in [6.07, 6.45) is -1.66. The first-order valence-electron chi connectivity index (χ1n) is 4.56. The molecule has 0 aliphatic heterocycles. The predicted octanol–water partition coefficient (Wildman–Crippen LogP) is 0.601. The highest BCUT2D eigenvalue weighted by molar-refractivity contribution is 5.84. The zero-order valence-corrected chi connectivity index (χ0v) is 10.0. The molecule has 6 N–H and O–H groups in total. The molecule has 0 rings (SSSR count). The van der Waals surface area contributed by atoms with Crippen LogP contribution in [-0.4, -0.2) is 39.9 Å². The van der Waals surface area contributed by atoms with Crippen molar-refractivity contribution in [3.8, 4) is 0 Å². The van der Waals surface area contributed by atoms with Gasteiger partial charge in [0, 0.05) is 0 Å². The van der Waals surface area contributed by atoms with Crippen molar-refractivity contribution in [2.75, 3.05) is 0 Å². The lowest BCUT2D eigenvalue weighted by molar-refractivity contribution is -0.145. The third-order valence-corrected chi connectivity index (χ3v) is 1.37. The first kappa shape index (κ1) is 17.6. The van der Waals surface area contributed by atoms with Gasteiger partial charge in [-0.05, 0) is 20.8 Å². The summed E-state index contributed by atoms with van der Waals surface area (Å²) in [5.41, 5.74) is -0.767. The Morgan fingerprint density at radius 1 is 1.24 bits per heavy atom. The molecule has 8 heteroatoms. The van der Waals surface area contributed by atoms with Crippen LogP contribution in [0.2, 0.25) is 0 Å². The summed E-state index contributed by atoms with van der Waals surface area (Å²) < 4.78 is 4.79. The van der Waals surface area contributed by atoms with Gasteiger partial charge in [0.1, 0.15) is 11.6 Å². The standard InChI is InChI=1S/C9H15NO6.H3N/c1-9(2,3)16-8(15)10-5(7(13)14)4-6(11)12;/h5H,4H2,1-3H3,(H,10,15)(H,11,12)(H,13,14);1H3/t5-;/m1./s1. The van der Waals surface area contributed by atoms with E-state index in [0.29, 0.717) is 0 Å². The highest BCUT2D eigenvalue weighted by Gasteiger charge is 2.25. The Hall–Kier alpha value is -1.83. The second-order valence-electron chi connectivity index (χ2n) is 4.13. The van der Waals surface area contributed by atoms with Crippen molar-refractivity contribution in [1.82, 2.24) is 11.5 Å². The van der Waals surface area contributed by atoms with Gasteiger partial charge < -0.3 is 26.4 Å². The Labute approximate surface area is 98.5 Å². The second kappa shape index (κ2) is 6.69. The molecule has 1 atom stereocenters. The summed E-state index contributed by atoms with van der Waals surface area (Å²) in [6, 6.07) is -1.49. The molecule has 0 unspecified atom stereocenters. The van der Waals surface area contributed by atoms with Crippen molar-refractivity contribution in [3.05, 3.63) is 0 Å². The van der Waals surface area contributed by atoms with Gasteiger partial charge in [-0.2, -0.15) is 0 Å². The van der Waals surface area contributed by atoms with Gasteiger partial charge in [-0.15, -0.1) is 0 Å².